The van der Waals surface area contributed by atoms with E-state index in [0.29, 0.717) is 43.5 Å². The molecule has 1 aliphatic heterocycles. The average molecular weight is 386 g/mol. The summed E-state index contributed by atoms with van der Waals surface area (Å²) in [6, 6.07) is 7.31. The van der Waals surface area contributed by atoms with Crippen molar-refractivity contribution in [1.29, 1.82) is 0 Å². The molecule has 28 heavy (non-hydrogen) atoms. The molecule has 7 nitrogen and oxygen atoms in total. The normalized spacial score (nSPS) is 17.9. The zero-order valence-corrected chi connectivity index (χ0v) is 17.0. The van der Waals surface area contributed by atoms with Gasteiger partial charge in [-0.2, -0.15) is 0 Å². The summed E-state index contributed by atoms with van der Waals surface area (Å²) in [7, 11) is 0. The van der Waals surface area contributed by atoms with Crippen LogP contribution in [0.3, 0.4) is 0 Å². The van der Waals surface area contributed by atoms with Gasteiger partial charge in [-0.1, -0.05) is 26.8 Å². The highest BCUT2D eigenvalue weighted by Crippen LogP contribution is 2.20. The summed E-state index contributed by atoms with van der Waals surface area (Å²) in [6.45, 7) is 8.69. The van der Waals surface area contributed by atoms with Gasteiger partial charge >= 0.3 is 0 Å². The van der Waals surface area contributed by atoms with E-state index < -0.39 is 0 Å². The molecule has 1 saturated heterocycles. The number of rotatable bonds is 5. The fraction of sp³-hybridized carbons (Fsp3) is 0.571. The fourth-order valence-corrected chi connectivity index (χ4v) is 3.22. The molecule has 2 aliphatic rings. The van der Waals surface area contributed by atoms with E-state index in [2.05, 4.69) is 10.6 Å². The number of nitrogens with zero attached hydrogens (tertiary/aromatic N) is 2. The largest absolute Gasteiger partial charge is 0.349 e. The van der Waals surface area contributed by atoms with Gasteiger partial charge in [-0.15, -0.1) is 0 Å². The minimum atomic E-state index is -0.379. The molecule has 1 aromatic rings. The van der Waals surface area contributed by atoms with Crippen molar-refractivity contribution < 1.29 is 14.4 Å². The van der Waals surface area contributed by atoms with Crippen LogP contribution < -0.4 is 10.6 Å². The van der Waals surface area contributed by atoms with E-state index in [1.807, 2.05) is 30.6 Å². The van der Waals surface area contributed by atoms with Gasteiger partial charge in [-0.25, -0.2) is 0 Å². The van der Waals surface area contributed by atoms with Crippen molar-refractivity contribution in [2.75, 3.05) is 38.0 Å². The van der Waals surface area contributed by atoms with Crippen molar-refractivity contribution in [1.82, 2.24) is 15.1 Å². The van der Waals surface area contributed by atoms with Crippen LogP contribution >= 0.6 is 0 Å². The van der Waals surface area contributed by atoms with E-state index in [1.165, 1.54) is 0 Å². The summed E-state index contributed by atoms with van der Waals surface area (Å²) < 4.78 is 0. The van der Waals surface area contributed by atoms with Crippen LogP contribution in [0.25, 0.3) is 0 Å². The Hall–Kier alpha value is -2.41. The molecule has 0 radical (unpaired) electrons. The van der Waals surface area contributed by atoms with E-state index >= 15 is 0 Å². The molecule has 1 aliphatic carbocycles. The number of anilines is 1. The Morgan fingerprint density at radius 1 is 1.07 bits per heavy atom. The highest BCUT2D eigenvalue weighted by molar-refractivity contribution is 5.97. The maximum absolute atomic E-state index is 12.4. The number of hydrogen-bond donors (Lipinski definition) is 2. The number of piperazine rings is 1. The van der Waals surface area contributed by atoms with Crippen molar-refractivity contribution in [3.63, 3.8) is 0 Å². The summed E-state index contributed by atoms with van der Waals surface area (Å²) >= 11 is 0. The first-order valence-electron chi connectivity index (χ1n) is 9.95. The predicted molar refractivity (Wildman–Crippen MR) is 108 cm³/mol. The number of hydrogen-bond acceptors (Lipinski definition) is 4. The lowest BCUT2D eigenvalue weighted by Crippen LogP contribution is -2.52. The van der Waals surface area contributed by atoms with Crippen LogP contribution in [0.15, 0.2) is 24.3 Å². The SMILES string of the molecule is CC(C)(C)C(=O)N1CCN(CC(=O)Nc2cccc(C(=O)NC3CC3)c2)CC1. The smallest absolute Gasteiger partial charge is 0.251 e. The number of nitrogens with one attached hydrogen (secondary N) is 2. The maximum Gasteiger partial charge on any atom is 0.251 e. The molecule has 0 bridgehead atoms. The Morgan fingerprint density at radius 2 is 1.75 bits per heavy atom. The van der Waals surface area contributed by atoms with Crippen molar-refractivity contribution in [3.05, 3.63) is 29.8 Å². The molecule has 0 atom stereocenters. The molecule has 1 aromatic carbocycles. The summed E-state index contributed by atoms with van der Waals surface area (Å²) in [4.78, 5) is 40.8. The maximum atomic E-state index is 12.4. The summed E-state index contributed by atoms with van der Waals surface area (Å²) in [5.74, 6) is -0.0634. The zero-order valence-electron chi connectivity index (χ0n) is 17.0. The topological polar surface area (TPSA) is 81.8 Å². The molecule has 0 spiro atoms. The minimum absolute atomic E-state index is 0.0989. The van der Waals surface area contributed by atoms with Gasteiger partial charge in [0.1, 0.15) is 0 Å². The average Bonchev–Trinajstić information content (AvgIpc) is 3.45. The molecule has 3 rings (SSSR count). The third-order valence-electron chi connectivity index (χ3n) is 4.99. The number of carbonyl (C=O) groups is 3. The lowest BCUT2D eigenvalue weighted by molar-refractivity contribution is -0.141. The Morgan fingerprint density at radius 3 is 2.36 bits per heavy atom. The number of amides is 3. The Kier molecular flexibility index (Phi) is 6.03. The number of carbonyl (C=O) groups excluding carboxylic acids is 3. The van der Waals surface area contributed by atoms with E-state index in [4.69, 9.17) is 0 Å². The zero-order chi connectivity index (χ0) is 20.3. The standard InChI is InChI=1S/C21H30N4O3/c1-21(2,3)20(28)25-11-9-24(10-12-25)14-18(26)22-17-6-4-5-15(13-17)19(27)23-16-7-8-16/h4-6,13,16H,7-12,14H2,1-3H3,(H,22,26)(H,23,27). The Labute approximate surface area is 166 Å². The molecule has 7 heteroatoms. The summed E-state index contributed by atoms with van der Waals surface area (Å²) in [6.07, 6.45) is 2.08. The lowest BCUT2D eigenvalue weighted by Gasteiger charge is -2.37. The number of benzene rings is 1. The van der Waals surface area contributed by atoms with Gasteiger partial charge in [0, 0.05) is 48.9 Å². The quantitative estimate of drug-likeness (QED) is 0.807. The van der Waals surface area contributed by atoms with Crippen LogP contribution in [-0.4, -0.2) is 66.3 Å². The van der Waals surface area contributed by atoms with Crippen LogP contribution in [0.5, 0.6) is 0 Å². The molecule has 2 N–H and O–H groups in total. The molecule has 0 unspecified atom stereocenters. The van der Waals surface area contributed by atoms with Gasteiger partial charge in [0.05, 0.1) is 6.54 Å². The van der Waals surface area contributed by atoms with Gasteiger partial charge in [-0.3, -0.25) is 19.3 Å². The van der Waals surface area contributed by atoms with E-state index in [-0.39, 0.29) is 29.7 Å². The van der Waals surface area contributed by atoms with Gasteiger partial charge in [0.25, 0.3) is 5.91 Å². The molecular weight excluding hydrogens is 356 g/mol. The monoisotopic (exact) mass is 386 g/mol. The summed E-state index contributed by atoms with van der Waals surface area (Å²) in [5, 5.41) is 5.82. The van der Waals surface area contributed by atoms with Crippen molar-refractivity contribution in [2.24, 2.45) is 5.41 Å². The van der Waals surface area contributed by atoms with Gasteiger partial charge in [-0.05, 0) is 31.0 Å². The van der Waals surface area contributed by atoms with Gasteiger partial charge in [0.15, 0.2) is 0 Å². The van der Waals surface area contributed by atoms with Crippen LogP contribution in [0.2, 0.25) is 0 Å². The summed E-state index contributed by atoms with van der Waals surface area (Å²) in [5.41, 5.74) is 0.796. The molecule has 2 fully saturated rings. The van der Waals surface area contributed by atoms with Crippen molar-refractivity contribution in [2.45, 2.75) is 39.7 Å². The first kappa shape index (κ1) is 20.3. The molecule has 1 heterocycles. The van der Waals surface area contributed by atoms with E-state index in [0.717, 1.165) is 12.8 Å². The molecular formula is C21H30N4O3. The first-order valence-corrected chi connectivity index (χ1v) is 9.95. The third-order valence-corrected chi connectivity index (χ3v) is 4.99. The Balaban J connectivity index is 1.47. The van der Waals surface area contributed by atoms with Crippen molar-refractivity contribution in [3.8, 4) is 0 Å². The highest BCUT2D eigenvalue weighted by Gasteiger charge is 2.30. The van der Waals surface area contributed by atoms with Crippen LogP contribution in [0, 0.1) is 5.41 Å². The Bertz CT molecular complexity index is 744. The lowest BCUT2D eigenvalue weighted by atomic mass is 9.94. The fourth-order valence-electron chi connectivity index (χ4n) is 3.22. The van der Waals surface area contributed by atoms with E-state index in [9.17, 15) is 14.4 Å². The van der Waals surface area contributed by atoms with Crippen LogP contribution in [-0.2, 0) is 9.59 Å². The highest BCUT2D eigenvalue weighted by atomic mass is 16.2. The predicted octanol–water partition coefficient (Wildman–Crippen LogP) is 1.71. The van der Waals surface area contributed by atoms with Gasteiger partial charge < -0.3 is 15.5 Å². The van der Waals surface area contributed by atoms with Crippen LogP contribution in [0.4, 0.5) is 5.69 Å². The second-order valence-electron chi connectivity index (χ2n) is 8.70. The second-order valence-corrected chi connectivity index (χ2v) is 8.70. The molecule has 0 aromatic heterocycles. The van der Waals surface area contributed by atoms with E-state index in [1.54, 1.807) is 24.3 Å². The van der Waals surface area contributed by atoms with Crippen LogP contribution in [0.1, 0.15) is 44.0 Å². The first-order chi connectivity index (χ1) is 13.2. The van der Waals surface area contributed by atoms with Gasteiger partial charge in [0.2, 0.25) is 11.8 Å². The molecule has 1 saturated carbocycles. The second kappa shape index (κ2) is 8.31. The van der Waals surface area contributed by atoms with Crippen molar-refractivity contribution >= 4 is 23.4 Å². The third kappa shape index (κ3) is 5.55. The molecule has 152 valence electrons. The minimum Gasteiger partial charge on any atom is -0.349 e. The molecule has 3 amide bonds.